The predicted octanol–water partition coefficient (Wildman–Crippen LogP) is 6.14. The van der Waals surface area contributed by atoms with Crippen LogP contribution in [0.5, 0.6) is 0 Å². The van der Waals surface area contributed by atoms with E-state index in [2.05, 4.69) is 69.5 Å². The maximum Gasteiger partial charge on any atom is 0.407 e. The van der Waals surface area contributed by atoms with Crippen molar-refractivity contribution in [3.05, 3.63) is 102 Å². The maximum absolute atomic E-state index is 11.7. The number of anilines is 1. The molecule has 1 N–H and O–H groups in total. The van der Waals surface area contributed by atoms with Gasteiger partial charge in [-0.25, -0.2) is 14.8 Å². The van der Waals surface area contributed by atoms with Crippen LogP contribution in [0.1, 0.15) is 41.9 Å². The molecule has 7 heteroatoms. The number of amides is 1. The molecule has 1 saturated heterocycles. The van der Waals surface area contributed by atoms with E-state index < -0.39 is 6.09 Å². The average Bonchev–Trinajstić information content (AvgIpc) is 2.98. The highest BCUT2D eigenvalue weighted by atomic mass is 16.5. The van der Waals surface area contributed by atoms with Gasteiger partial charge >= 0.3 is 6.09 Å². The molecule has 0 saturated carbocycles. The van der Waals surface area contributed by atoms with Crippen LogP contribution in [0, 0.1) is 0 Å². The standard InChI is InChI=1S/C32H36N4O3/c1-35(17-8-7-11-24-9-3-2-4-10-24)31-33-20-28(21-34-31)29-16-18-36(32(37)38)22-30(29)39-23-25-14-15-26-12-5-6-13-27(26)19-25/h2-6,9-10,12-15,19-21,29-30H,7-8,11,16-18,22-23H2,1H3,(H,37,38). The van der Waals surface area contributed by atoms with Crippen molar-refractivity contribution < 1.29 is 14.6 Å². The molecular formula is C32H36N4O3. The van der Waals surface area contributed by atoms with Crippen LogP contribution < -0.4 is 4.90 Å². The van der Waals surface area contributed by atoms with E-state index in [1.165, 1.54) is 21.2 Å². The summed E-state index contributed by atoms with van der Waals surface area (Å²) in [5.74, 6) is 0.737. The van der Waals surface area contributed by atoms with Crippen LogP contribution in [0.2, 0.25) is 0 Å². The van der Waals surface area contributed by atoms with Crippen molar-refractivity contribution in [3.8, 4) is 0 Å². The first-order valence-corrected chi connectivity index (χ1v) is 13.7. The van der Waals surface area contributed by atoms with Gasteiger partial charge in [0.25, 0.3) is 0 Å². The summed E-state index contributed by atoms with van der Waals surface area (Å²) in [6.07, 6.45) is 6.52. The summed E-state index contributed by atoms with van der Waals surface area (Å²) in [6.45, 7) is 2.11. The Morgan fingerprint density at radius 3 is 2.49 bits per heavy atom. The lowest BCUT2D eigenvalue weighted by Gasteiger charge is -2.37. The van der Waals surface area contributed by atoms with Gasteiger partial charge in [0, 0.05) is 38.4 Å². The quantitative estimate of drug-likeness (QED) is 0.251. The SMILES string of the molecule is CN(CCCCc1ccccc1)c1ncc(C2CCN(C(=O)O)CC2OCc2ccc3ccccc3c2)cn1. The van der Waals surface area contributed by atoms with Crippen molar-refractivity contribution in [3.63, 3.8) is 0 Å². The zero-order chi connectivity index (χ0) is 27.0. The number of hydrogen-bond acceptors (Lipinski definition) is 5. The summed E-state index contributed by atoms with van der Waals surface area (Å²) in [4.78, 5) is 24.6. The number of aromatic nitrogens is 2. The summed E-state index contributed by atoms with van der Waals surface area (Å²) in [5, 5.41) is 12.0. The van der Waals surface area contributed by atoms with Gasteiger partial charge in [-0.05, 0) is 59.2 Å². The third-order valence-corrected chi connectivity index (χ3v) is 7.59. The van der Waals surface area contributed by atoms with Crippen molar-refractivity contribution in [2.24, 2.45) is 0 Å². The van der Waals surface area contributed by atoms with Crippen LogP contribution in [-0.4, -0.2) is 58.9 Å². The number of rotatable bonds is 10. The molecule has 1 aliphatic rings. The number of piperidine rings is 1. The first kappa shape index (κ1) is 26.6. The number of ether oxygens (including phenoxy) is 1. The number of fused-ring (bicyclic) bond motifs is 1. The van der Waals surface area contributed by atoms with E-state index in [9.17, 15) is 9.90 Å². The van der Waals surface area contributed by atoms with Crippen LogP contribution in [0.15, 0.2) is 85.2 Å². The fraction of sp³-hybridized carbons (Fsp3) is 0.344. The van der Waals surface area contributed by atoms with Crippen LogP contribution in [0.3, 0.4) is 0 Å². The minimum atomic E-state index is -0.909. The van der Waals surface area contributed by atoms with Gasteiger partial charge in [0.05, 0.1) is 19.3 Å². The second-order valence-electron chi connectivity index (χ2n) is 10.3. The number of aryl methyl sites for hydroxylation is 1. The van der Waals surface area contributed by atoms with Crippen LogP contribution >= 0.6 is 0 Å². The normalized spacial score (nSPS) is 17.3. The smallest absolute Gasteiger partial charge is 0.407 e. The third-order valence-electron chi connectivity index (χ3n) is 7.59. The van der Waals surface area contributed by atoms with Crippen molar-refractivity contribution in [1.29, 1.82) is 0 Å². The van der Waals surface area contributed by atoms with Gasteiger partial charge in [0.1, 0.15) is 0 Å². The van der Waals surface area contributed by atoms with Crippen molar-refractivity contribution in [2.45, 2.75) is 44.3 Å². The highest BCUT2D eigenvalue weighted by molar-refractivity contribution is 5.82. The first-order chi connectivity index (χ1) is 19.1. The van der Waals surface area contributed by atoms with Gasteiger partial charge in [-0.2, -0.15) is 0 Å². The molecule has 202 valence electrons. The highest BCUT2D eigenvalue weighted by Gasteiger charge is 2.33. The molecule has 39 heavy (non-hydrogen) atoms. The number of benzene rings is 3. The molecule has 2 atom stereocenters. The molecule has 1 aliphatic heterocycles. The number of nitrogens with zero attached hydrogens (tertiary/aromatic N) is 4. The molecule has 5 rings (SSSR count). The molecule has 0 radical (unpaired) electrons. The van der Waals surface area contributed by atoms with E-state index >= 15 is 0 Å². The largest absolute Gasteiger partial charge is 0.465 e. The Balaban J connectivity index is 1.20. The molecular weight excluding hydrogens is 488 g/mol. The van der Waals surface area contributed by atoms with Crippen LogP contribution in [-0.2, 0) is 17.8 Å². The fourth-order valence-electron chi connectivity index (χ4n) is 5.31. The van der Waals surface area contributed by atoms with Crippen molar-refractivity contribution in [1.82, 2.24) is 14.9 Å². The molecule has 7 nitrogen and oxygen atoms in total. The molecule has 3 aromatic carbocycles. The molecule has 0 spiro atoms. The van der Waals surface area contributed by atoms with E-state index in [4.69, 9.17) is 4.74 Å². The molecule has 1 fully saturated rings. The number of unbranched alkanes of at least 4 members (excludes halogenated alkanes) is 1. The third kappa shape index (κ3) is 6.92. The van der Waals surface area contributed by atoms with Gasteiger partial charge in [-0.1, -0.05) is 66.7 Å². The van der Waals surface area contributed by atoms with Crippen LogP contribution in [0.4, 0.5) is 10.7 Å². The van der Waals surface area contributed by atoms with E-state index in [0.29, 0.717) is 32.1 Å². The van der Waals surface area contributed by atoms with E-state index in [-0.39, 0.29) is 12.0 Å². The summed E-state index contributed by atoms with van der Waals surface area (Å²) >= 11 is 0. The second-order valence-corrected chi connectivity index (χ2v) is 10.3. The Hall–Kier alpha value is -3.97. The Morgan fingerprint density at radius 1 is 0.974 bits per heavy atom. The average molecular weight is 525 g/mol. The molecule has 2 heterocycles. The zero-order valence-corrected chi connectivity index (χ0v) is 22.4. The van der Waals surface area contributed by atoms with Crippen molar-refractivity contribution >= 4 is 22.8 Å². The Labute approximate surface area is 230 Å². The van der Waals surface area contributed by atoms with Gasteiger partial charge in [0.2, 0.25) is 5.95 Å². The Morgan fingerprint density at radius 2 is 1.72 bits per heavy atom. The summed E-state index contributed by atoms with van der Waals surface area (Å²) < 4.78 is 6.37. The molecule has 0 bridgehead atoms. The lowest BCUT2D eigenvalue weighted by atomic mass is 9.88. The fourth-order valence-corrected chi connectivity index (χ4v) is 5.31. The lowest BCUT2D eigenvalue weighted by molar-refractivity contribution is -0.0200. The van der Waals surface area contributed by atoms with E-state index in [0.717, 1.165) is 36.9 Å². The lowest BCUT2D eigenvalue weighted by Crippen LogP contribution is -2.46. The van der Waals surface area contributed by atoms with Gasteiger partial charge in [-0.3, -0.25) is 0 Å². The Kier molecular flexibility index (Phi) is 8.68. The number of carboxylic acid groups (broad SMARTS) is 1. The monoisotopic (exact) mass is 524 g/mol. The molecule has 1 aromatic heterocycles. The summed E-state index contributed by atoms with van der Waals surface area (Å²) in [5.41, 5.74) is 3.43. The molecule has 2 unspecified atom stereocenters. The van der Waals surface area contributed by atoms with Crippen LogP contribution in [0.25, 0.3) is 10.8 Å². The molecule has 0 aliphatic carbocycles. The minimum Gasteiger partial charge on any atom is -0.465 e. The number of carbonyl (C=O) groups is 1. The second kappa shape index (κ2) is 12.7. The molecule has 4 aromatic rings. The Bertz CT molecular complexity index is 1360. The van der Waals surface area contributed by atoms with Crippen molar-refractivity contribution in [2.75, 3.05) is 31.6 Å². The number of hydrogen-bond donors (Lipinski definition) is 1. The highest BCUT2D eigenvalue weighted by Crippen LogP contribution is 2.31. The van der Waals surface area contributed by atoms with Gasteiger partial charge in [0.15, 0.2) is 0 Å². The summed E-state index contributed by atoms with van der Waals surface area (Å²) in [7, 11) is 2.03. The maximum atomic E-state index is 11.7. The zero-order valence-electron chi connectivity index (χ0n) is 22.4. The summed E-state index contributed by atoms with van der Waals surface area (Å²) in [6, 6.07) is 25.1. The first-order valence-electron chi connectivity index (χ1n) is 13.7. The molecule has 1 amide bonds. The van der Waals surface area contributed by atoms with Gasteiger partial charge in [-0.15, -0.1) is 0 Å². The van der Waals surface area contributed by atoms with Gasteiger partial charge < -0.3 is 19.6 Å². The number of likely N-dealkylation sites (tertiary alicyclic amines) is 1. The topological polar surface area (TPSA) is 78.8 Å². The van der Waals surface area contributed by atoms with E-state index in [1.54, 1.807) is 0 Å². The minimum absolute atomic E-state index is 0.0336. The van der Waals surface area contributed by atoms with E-state index in [1.807, 2.05) is 37.6 Å². The predicted molar refractivity (Wildman–Crippen MR) is 154 cm³/mol.